The van der Waals surface area contributed by atoms with Gasteiger partial charge in [-0.05, 0) is 13.8 Å². The number of hydrogen-bond acceptors (Lipinski definition) is 3. The molecule has 0 saturated heterocycles. The van der Waals surface area contributed by atoms with Crippen molar-refractivity contribution in [3.05, 3.63) is 0 Å². The number of hydrogen-bond donors (Lipinski definition) is 2. The zero-order valence-corrected chi connectivity index (χ0v) is 9.15. The maximum absolute atomic E-state index is 11.0. The van der Waals surface area contributed by atoms with Crippen LogP contribution in [0, 0.1) is 0 Å². The van der Waals surface area contributed by atoms with Gasteiger partial charge in [-0.1, -0.05) is 6.92 Å². The Balaban J connectivity index is 3.53. The van der Waals surface area contributed by atoms with E-state index in [1.54, 1.807) is 6.92 Å². The van der Waals surface area contributed by atoms with Gasteiger partial charge in [-0.3, -0.25) is 0 Å². The lowest BCUT2D eigenvalue weighted by Gasteiger charge is -2.08. The Kier molecular flexibility index (Phi) is 6.23. The van der Waals surface area contributed by atoms with Crippen molar-refractivity contribution in [2.75, 3.05) is 19.7 Å². The zero-order chi connectivity index (χ0) is 10.3. The first-order chi connectivity index (χ1) is 5.98. The van der Waals surface area contributed by atoms with E-state index < -0.39 is 10.2 Å². The maximum Gasteiger partial charge on any atom is 0.276 e. The summed E-state index contributed by atoms with van der Waals surface area (Å²) in [4.78, 5) is 0. The second-order valence-corrected chi connectivity index (χ2v) is 4.40. The second-order valence-electron chi connectivity index (χ2n) is 2.82. The molecule has 0 bridgehead atoms. The van der Waals surface area contributed by atoms with Gasteiger partial charge in [-0.15, -0.1) is 0 Å². The van der Waals surface area contributed by atoms with Gasteiger partial charge in [0.1, 0.15) is 0 Å². The number of rotatable bonds is 7. The molecule has 0 aromatic carbocycles. The Morgan fingerprint density at radius 3 is 2.38 bits per heavy atom. The van der Waals surface area contributed by atoms with Gasteiger partial charge in [0.05, 0.1) is 12.7 Å². The molecule has 0 saturated carbocycles. The highest BCUT2D eigenvalue weighted by Crippen LogP contribution is 1.85. The van der Waals surface area contributed by atoms with E-state index in [1.165, 1.54) is 0 Å². The highest BCUT2D eigenvalue weighted by molar-refractivity contribution is 7.87. The maximum atomic E-state index is 11.0. The van der Waals surface area contributed by atoms with Crippen molar-refractivity contribution in [2.24, 2.45) is 0 Å². The van der Waals surface area contributed by atoms with E-state index in [-0.39, 0.29) is 6.10 Å². The van der Waals surface area contributed by atoms with Gasteiger partial charge >= 0.3 is 0 Å². The van der Waals surface area contributed by atoms with Crippen molar-refractivity contribution in [1.82, 2.24) is 9.44 Å². The standard InChI is InChI=1S/C7H18N2O3S/c1-4-8-13(10,11)9-5-6-12-7(2)3/h7-9H,4-6H2,1-3H3. The van der Waals surface area contributed by atoms with Gasteiger partial charge in [0.25, 0.3) is 10.2 Å². The molecule has 0 heterocycles. The van der Waals surface area contributed by atoms with Gasteiger partial charge in [0.2, 0.25) is 0 Å². The second kappa shape index (κ2) is 6.31. The van der Waals surface area contributed by atoms with Crippen LogP contribution in [0.25, 0.3) is 0 Å². The predicted octanol–water partition coefficient (Wildman–Crippen LogP) is -0.145. The van der Waals surface area contributed by atoms with Crippen molar-refractivity contribution >= 4 is 10.2 Å². The summed E-state index contributed by atoms with van der Waals surface area (Å²) in [5.74, 6) is 0. The molecular formula is C7H18N2O3S. The smallest absolute Gasteiger partial charge is 0.276 e. The quantitative estimate of drug-likeness (QED) is 0.574. The van der Waals surface area contributed by atoms with Crippen molar-refractivity contribution in [3.8, 4) is 0 Å². The van der Waals surface area contributed by atoms with E-state index in [2.05, 4.69) is 9.44 Å². The molecule has 80 valence electrons. The van der Waals surface area contributed by atoms with Crippen LogP contribution in [-0.2, 0) is 14.9 Å². The molecule has 0 fully saturated rings. The van der Waals surface area contributed by atoms with Crippen LogP contribution in [0.15, 0.2) is 0 Å². The molecule has 13 heavy (non-hydrogen) atoms. The third kappa shape index (κ3) is 8.17. The largest absolute Gasteiger partial charge is 0.377 e. The fraction of sp³-hybridized carbons (Fsp3) is 1.00. The van der Waals surface area contributed by atoms with Gasteiger partial charge in [0.15, 0.2) is 0 Å². The van der Waals surface area contributed by atoms with Gasteiger partial charge in [0, 0.05) is 13.1 Å². The summed E-state index contributed by atoms with van der Waals surface area (Å²) in [6.07, 6.45) is 0.128. The first-order valence-corrected chi connectivity index (χ1v) is 5.82. The summed E-state index contributed by atoms with van der Waals surface area (Å²) >= 11 is 0. The molecule has 0 rings (SSSR count). The summed E-state index contributed by atoms with van der Waals surface area (Å²) in [5, 5.41) is 0. The molecule has 0 atom stereocenters. The molecular weight excluding hydrogens is 192 g/mol. The normalized spacial score (nSPS) is 12.3. The van der Waals surface area contributed by atoms with Crippen molar-refractivity contribution in [1.29, 1.82) is 0 Å². The van der Waals surface area contributed by atoms with E-state index in [9.17, 15) is 8.42 Å². The Labute approximate surface area is 80.0 Å². The van der Waals surface area contributed by atoms with Crippen LogP contribution in [0.3, 0.4) is 0 Å². The van der Waals surface area contributed by atoms with Crippen molar-refractivity contribution in [2.45, 2.75) is 26.9 Å². The monoisotopic (exact) mass is 210 g/mol. The van der Waals surface area contributed by atoms with Crippen LogP contribution in [-0.4, -0.2) is 34.2 Å². The molecule has 2 N–H and O–H groups in total. The van der Waals surface area contributed by atoms with E-state index in [4.69, 9.17) is 4.74 Å². The van der Waals surface area contributed by atoms with Crippen LogP contribution in [0.1, 0.15) is 20.8 Å². The van der Waals surface area contributed by atoms with Crippen LogP contribution in [0.4, 0.5) is 0 Å². The Bertz CT molecular complexity index is 214. The Hall–Kier alpha value is -0.170. The molecule has 0 aromatic rings. The minimum absolute atomic E-state index is 0.128. The van der Waals surface area contributed by atoms with E-state index >= 15 is 0 Å². The van der Waals surface area contributed by atoms with Crippen molar-refractivity contribution < 1.29 is 13.2 Å². The molecule has 0 radical (unpaired) electrons. The van der Waals surface area contributed by atoms with Crippen LogP contribution >= 0.6 is 0 Å². The van der Waals surface area contributed by atoms with Crippen LogP contribution in [0.5, 0.6) is 0 Å². The highest BCUT2D eigenvalue weighted by Gasteiger charge is 2.05. The Morgan fingerprint density at radius 2 is 1.92 bits per heavy atom. The van der Waals surface area contributed by atoms with Crippen LogP contribution < -0.4 is 9.44 Å². The predicted molar refractivity (Wildman–Crippen MR) is 51.7 cm³/mol. The molecule has 0 aromatic heterocycles. The van der Waals surface area contributed by atoms with Crippen molar-refractivity contribution in [3.63, 3.8) is 0 Å². The van der Waals surface area contributed by atoms with E-state index in [1.807, 2.05) is 13.8 Å². The third-order valence-corrected chi connectivity index (χ3v) is 2.43. The average Bonchev–Trinajstić information content (AvgIpc) is 1.98. The SMILES string of the molecule is CCNS(=O)(=O)NCCOC(C)C. The van der Waals surface area contributed by atoms with E-state index in [0.717, 1.165) is 0 Å². The summed E-state index contributed by atoms with van der Waals surface area (Å²) in [5.41, 5.74) is 0. The lowest BCUT2D eigenvalue weighted by Crippen LogP contribution is -2.38. The number of ether oxygens (including phenoxy) is 1. The zero-order valence-electron chi connectivity index (χ0n) is 8.33. The highest BCUT2D eigenvalue weighted by atomic mass is 32.2. The third-order valence-electron chi connectivity index (χ3n) is 1.18. The molecule has 0 aliphatic carbocycles. The first kappa shape index (κ1) is 12.8. The minimum atomic E-state index is -3.31. The van der Waals surface area contributed by atoms with E-state index in [0.29, 0.717) is 19.7 Å². The number of nitrogens with one attached hydrogen (secondary N) is 2. The molecule has 6 heteroatoms. The summed E-state index contributed by atoms with van der Waals surface area (Å²) in [6, 6.07) is 0. The summed E-state index contributed by atoms with van der Waals surface area (Å²) in [7, 11) is -3.31. The molecule has 0 amide bonds. The topological polar surface area (TPSA) is 67.4 Å². The minimum Gasteiger partial charge on any atom is -0.377 e. The van der Waals surface area contributed by atoms with Crippen LogP contribution in [0.2, 0.25) is 0 Å². The van der Waals surface area contributed by atoms with Gasteiger partial charge in [-0.25, -0.2) is 4.72 Å². The lowest BCUT2D eigenvalue weighted by molar-refractivity contribution is 0.0833. The molecule has 0 aliphatic heterocycles. The van der Waals surface area contributed by atoms with Gasteiger partial charge < -0.3 is 4.74 Å². The van der Waals surface area contributed by atoms with Gasteiger partial charge in [-0.2, -0.15) is 13.1 Å². The average molecular weight is 210 g/mol. The fourth-order valence-electron chi connectivity index (χ4n) is 0.712. The summed E-state index contributed by atoms with van der Waals surface area (Å²) < 4.78 is 31.8. The molecule has 0 unspecified atom stereocenters. The molecule has 0 aliphatic rings. The molecule has 0 spiro atoms. The lowest BCUT2D eigenvalue weighted by atomic mass is 10.5. The fourth-order valence-corrected chi connectivity index (χ4v) is 1.55. The summed E-state index contributed by atoms with van der Waals surface area (Å²) in [6.45, 7) is 6.61. The Morgan fingerprint density at radius 1 is 1.31 bits per heavy atom. The first-order valence-electron chi connectivity index (χ1n) is 4.33. The molecule has 5 nitrogen and oxygen atoms in total.